The van der Waals surface area contributed by atoms with Crippen LogP contribution in [0.5, 0.6) is 0 Å². The molecule has 0 aromatic heterocycles. The van der Waals surface area contributed by atoms with Crippen molar-refractivity contribution in [3.05, 3.63) is 107 Å². The SMILES string of the molecule is COC(=O)c1ccc(CNC(=O)CNC(c2ccccc2)c2ccccc2)cc1. The molecule has 5 nitrogen and oxygen atoms in total. The van der Waals surface area contributed by atoms with Crippen molar-refractivity contribution < 1.29 is 14.3 Å². The van der Waals surface area contributed by atoms with E-state index in [0.717, 1.165) is 16.7 Å². The van der Waals surface area contributed by atoms with E-state index in [-0.39, 0.29) is 24.5 Å². The van der Waals surface area contributed by atoms with Gasteiger partial charge in [0, 0.05) is 6.54 Å². The van der Waals surface area contributed by atoms with E-state index in [9.17, 15) is 9.59 Å². The molecule has 0 atom stereocenters. The van der Waals surface area contributed by atoms with Gasteiger partial charge in [0.2, 0.25) is 5.91 Å². The molecule has 0 saturated heterocycles. The Balaban J connectivity index is 1.57. The molecule has 0 spiro atoms. The van der Waals surface area contributed by atoms with Gasteiger partial charge in [0.1, 0.15) is 0 Å². The molecule has 0 saturated carbocycles. The zero-order chi connectivity index (χ0) is 20.5. The molecule has 0 aliphatic heterocycles. The summed E-state index contributed by atoms with van der Waals surface area (Å²) in [5.41, 5.74) is 3.60. The van der Waals surface area contributed by atoms with Gasteiger partial charge in [-0.1, -0.05) is 72.8 Å². The van der Waals surface area contributed by atoms with Crippen LogP contribution in [0.2, 0.25) is 0 Å². The minimum Gasteiger partial charge on any atom is -0.465 e. The molecule has 0 unspecified atom stereocenters. The number of nitrogens with one attached hydrogen (secondary N) is 2. The number of rotatable bonds is 8. The second kappa shape index (κ2) is 10.2. The first-order chi connectivity index (χ1) is 14.2. The summed E-state index contributed by atoms with van der Waals surface area (Å²) < 4.78 is 4.68. The van der Waals surface area contributed by atoms with Crippen molar-refractivity contribution in [2.75, 3.05) is 13.7 Å². The maximum Gasteiger partial charge on any atom is 0.337 e. The number of benzene rings is 3. The molecule has 3 aromatic carbocycles. The lowest BCUT2D eigenvalue weighted by molar-refractivity contribution is -0.120. The van der Waals surface area contributed by atoms with E-state index >= 15 is 0 Å². The van der Waals surface area contributed by atoms with Crippen molar-refractivity contribution in [2.24, 2.45) is 0 Å². The molecule has 0 heterocycles. The van der Waals surface area contributed by atoms with E-state index in [1.54, 1.807) is 24.3 Å². The molecule has 5 heteroatoms. The molecule has 0 radical (unpaired) electrons. The summed E-state index contributed by atoms with van der Waals surface area (Å²) in [6.45, 7) is 0.581. The summed E-state index contributed by atoms with van der Waals surface area (Å²) in [6, 6.07) is 27.0. The molecule has 3 rings (SSSR count). The number of hydrogen-bond acceptors (Lipinski definition) is 4. The highest BCUT2D eigenvalue weighted by atomic mass is 16.5. The van der Waals surface area contributed by atoms with Crippen LogP contribution in [0.15, 0.2) is 84.9 Å². The van der Waals surface area contributed by atoms with Gasteiger partial charge in [0.15, 0.2) is 0 Å². The van der Waals surface area contributed by atoms with Gasteiger partial charge in [-0.3, -0.25) is 10.1 Å². The summed E-state index contributed by atoms with van der Waals surface area (Å²) in [4.78, 5) is 23.8. The van der Waals surface area contributed by atoms with E-state index in [1.165, 1.54) is 7.11 Å². The van der Waals surface area contributed by atoms with Gasteiger partial charge in [0.05, 0.1) is 25.3 Å². The van der Waals surface area contributed by atoms with E-state index < -0.39 is 0 Å². The Morgan fingerprint density at radius 1 is 0.828 bits per heavy atom. The second-order valence-electron chi connectivity index (χ2n) is 6.60. The lowest BCUT2D eigenvalue weighted by Crippen LogP contribution is -2.35. The Hall–Kier alpha value is -3.44. The first-order valence-electron chi connectivity index (χ1n) is 9.44. The standard InChI is InChI=1S/C24H24N2O3/c1-29-24(28)21-14-12-18(13-15-21)16-25-22(27)17-26-23(19-8-4-2-5-9-19)20-10-6-3-7-11-20/h2-15,23,26H,16-17H2,1H3,(H,25,27). The third-order valence-electron chi connectivity index (χ3n) is 4.60. The van der Waals surface area contributed by atoms with E-state index in [1.807, 2.05) is 60.7 Å². The number of methoxy groups -OCH3 is 1. The maximum atomic E-state index is 12.4. The van der Waals surface area contributed by atoms with Crippen LogP contribution in [0.1, 0.15) is 33.1 Å². The quantitative estimate of drug-likeness (QED) is 0.580. The van der Waals surface area contributed by atoms with Crippen LogP contribution in [-0.2, 0) is 16.1 Å². The Morgan fingerprint density at radius 2 is 1.38 bits per heavy atom. The Morgan fingerprint density at radius 3 is 1.90 bits per heavy atom. The molecule has 0 bridgehead atoms. The van der Waals surface area contributed by atoms with Crippen molar-refractivity contribution in [1.82, 2.24) is 10.6 Å². The van der Waals surface area contributed by atoms with Crippen LogP contribution in [0.4, 0.5) is 0 Å². The average molecular weight is 388 g/mol. The lowest BCUT2D eigenvalue weighted by atomic mass is 9.99. The molecule has 0 aliphatic carbocycles. The fraction of sp³-hybridized carbons (Fsp3) is 0.167. The molecule has 0 fully saturated rings. The van der Waals surface area contributed by atoms with Gasteiger partial charge in [0.25, 0.3) is 0 Å². The van der Waals surface area contributed by atoms with Gasteiger partial charge in [-0.05, 0) is 28.8 Å². The number of amides is 1. The summed E-state index contributed by atoms with van der Waals surface area (Å²) in [6.07, 6.45) is 0. The fourth-order valence-corrected chi connectivity index (χ4v) is 3.05. The highest BCUT2D eigenvalue weighted by Gasteiger charge is 2.14. The van der Waals surface area contributed by atoms with Gasteiger partial charge in [-0.25, -0.2) is 4.79 Å². The fourth-order valence-electron chi connectivity index (χ4n) is 3.05. The lowest BCUT2D eigenvalue weighted by Gasteiger charge is -2.19. The van der Waals surface area contributed by atoms with Crippen LogP contribution in [0, 0.1) is 0 Å². The van der Waals surface area contributed by atoms with Crippen molar-refractivity contribution in [1.29, 1.82) is 0 Å². The van der Waals surface area contributed by atoms with Crippen LogP contribution in [0.3, 0.4) is 0 Å². The van der Waals surface area contributed by atoms with Gasteiger partial charge < -0.3 is 10.1 Å². The molecule has 0 aliphatic rings. The van der Waals surface area contributed by atoms with Crippen LogP contribution in [-0.4, -0.2) is 25.5 Å². The first-order valence-corrected chi connectivity index (χ1v) is 9.44. The number of ether oxygens (including phenoxy) is 1. The van der Waals surface area contributed by atoms with E-state index in [0.29, 0.717) is 12.1 Å². The highest BCUT2D eigenvalue weighted by Crippen LogP contribution is 2.21. The molecular formula is C24H24N2O3. The third-order valence-corrected chi connectivity index (χ3v) is 4.60. The smallest absolute Gasteiger partial charge is 0.337 e. The normalized spacial score (nSPS) is 10.6. The molecule has 1 amide bonds. The van der Waals surface area contributed by atoms with Crippen molar-refractivity contribution in [3.8, 4) is 0 Å². The predicted molar refractivity (Wildman–Crippen MR) is 112 cm³/mol. The molecule has 2 N–H and O–H groups in total. The Kier molecular flexibility index (Phi) is 7.14. The van der Waals surface area contributed by atoms with Gasteiger partial charge in [-0.15, -0.1) is 0 Å². The van der Waals surface area contributed by atoms with E-state index in [2.05, 4.69) is 15.4 Å². The van der Waals surface area contributed by atoms with Crippen LogP contribution < -0.4 is 10.6 Å². The zero-order valence-corrected chi connectivity index (χ0v) is 16.3. The summed E-state index contributed by atoms with van der Waals surface area (Å²) in [5.74, 6) is -0.475. The zero-order valence-electron chi connectivity index (χ0n) is 16.3. The largest absolute Gasteiger partial charge is 0.465 e. The molecule has 148 valence electrons. The Bertz CT molecular complexity index is 886. The Labute approximate surface area is 170 Å². The maximum absolute atomic E-state index is 12.4. The topological polar surface area (TPSA) is 67.4 Å². The monoisotopic (exact) mass is 388 g/mol. The summed E-state index contributed by atoms with van der Waals surface area (Å²) in [7, 11) is 1.35. The number of esters is 1. The summed E-state index contributed by atoms with van der Waals surface area (Å²) >= 11 is 0. The number of carbonyl (C=O) groups excluding carboxylic acids is 2. The predicted octanol–water partition coefficient (Wildman–Crippen LogP) is 3.47. The van der Waals surface area contributed by atoms with Crippen molar-refractivity contribution >= 4 is 11.9 Å². The molecule has 29 heavy (non-hydrogen) atoms. The number of hydrogen-bond donors (Lipinski definition) is 2. The van der Waals surface area contributed by atoms with E-state index in [4.69, 9.17) is 0 Å². The molecular weight excluding hydrogens is 364 g/mol. The van der Waals surface area contributed by atoms with Crippen LogP contribution in [0.25, 0.3) is 0 Å². The van der Waals surface area contributed by atoms with Gasteiger partial charge in [-0.2, -0.15) is 0 Å². The minimum atomic E-state index is -0.377. The molecule has 3 aromatic rings. The van der Waals surface area contributed by atoms with Crippen molar-refractivity contribution in [3.63, 3.8) is 0 Å². The number of carbonyl (C=O) groups is 2. The minimum absolute atomic E-state index is 0.0671. The van der Waals surface area contributed by atoms with Gasteiger partial charge >= 0.3 is 5.97 Å². The second-order valence-corrected chi connectivity index (χ2v) is 6.60. The average Bonchev–Trinajstić information content (AvgIpc) is 2.79. The van der Waals surface area contributed by atoms with Crippen molar-refractivity contribution in [2.45, 2.75) is 12.6 Å². The first kappa shape index (κ1) is 20.3. The highest BCUT2D eigenvalue weighted by molar-refractivity contribution is 5.89. The third kappa shape index (κ3) is 5.77. The summed E-state index contributed by atoms with van der Waals surface area (Å²) in [5, 5.41) is 6.25. The van der Waals surface area contributed by atoms with Crippen LogP contribution >= 0.6 is 0 Å².